The van der Waals surface area contributed by atoms with E-state index in [0.717, 1.165) is 24.2 Å². The predicted octanol–water partition coefficient (Wildman–Crippen LogP) is 4.11. The Morgan fingerprint density at radius 1 is 1.24 bits per heavy atom. The fourth-order valence-corrected chi connectivity index (χ4v) is 3.16. The van der Waals surface area contributed by atoms with Crippen LogP contribution in [0.15, 0.2) is 36.4 Å². The molecular formula is C17H17ClFNO. The van der Waals surface area contributed by atoms with Crippen molar-refractivity contribution in [2.75, 3.05) is 13.7 Å². The van der Waals surface area contributed by atoms with E-state index in [4.69, 9.17) is 16.3 Å². The van der Waals surface area contributed by atoms with Gasteiger partial charge >= 0.3 is 0 Å². The van der Waals surface area contributed by atoms with Gasteiger partial charge in [-0.2, -0.15) is 0 Å². The number of rotatable bonds is 3. The molecule has 110 valence electrons. The zero-order chi connectivity index (χ0) is 14.8. The Labute approximate surface area is 128 Å². The summed E-state index contributed by atoms with van der Waals surface area (Å²) in [5.41, 5.74) is 2.57. The summed E-state index contributed by atoms with van der Waals surface area (Å²) in [4.78, 5) is 0. The van der Waals surface area contributed by atoms with Gasteiger partial charge in [-0.15, -0.1) is 0 Å². The Hall–Kier alpha value is -1.58. The highest BCUT2D eigenvalue weighted by Crippen LogP contribution is 2.38. The van der Waals surface area contributed by atoms with Gasteiger partial charge in [0.2, 0.25) is 0 Å². The zero-order valence-corrected chi connectivity index (χ0v) is 12.6. The minimum absolute atomic E-state index is 0.310. The second kappa shape index (κ2) is 6.04. The van der Waals surface area contributed by atoms with E-state index >= 15 is 0 Å². The second-order valence-electron chi connectivity index (χ2n) is 5.14. The van der Waals surface area contributed by atoms with E-state index in [1.807, 2.05) is 12.1 Å². The number of hydrogen-bond donors (Lipinski definition) is 1. The predicted molar refractivity (Wildman–Crippen MR) is 82.6 cm³/mol. The van der Waals surface area contributed by atoms with Crippen LogP contribution in [0.5, 0.6) is 5.75 Å². The first-order valence-electron chi connectivity index (χ1n) is 7.08. The maximum absolute atomic E-state index is 14.2. The summed E-state index contributed by atoms with van der Waals surface area (Å²) in [6.45, 7) is 0.700. The molecule has 0 aromatic heterocycles. The highest BCUT2D eigenvalue weighted by atomic mass is 35.5. The molecule has 0 saturated carbocycles. The van der Waals surface area contributed by atoms with Gasteiger partial charge in [0.1, 0.15) is 11.6 Å². The van der Waals surface area contributed by atoms with E-state index in [2.05, 4.69) is 11.4 Å². The molecule has 0 amide bonds. The molecule has 1 N–H and O–H groups in total. The molecule has 4 heteroatoms. The molecular weight excluding hydrogens is 289 g/mol. The van der Waals surface area contributed by atoms with Gasteiger partial charge in [-0.1, -0.05) is 35.9 Å². The average Bonchev–Trinajstić information content (AvgIpc) is 2.51. The lowest BCUT2D eigenvalue weighted by atomic mass is 9.93. The van der Waals surface area contributed by atoms with Crippen LogP contribution in [0.4, 0.5) is 4.39 Å². The molecule has 0 spiro atoms. The normalized spacial score (nSPS) is 15.2. The molecule has 1 aliphatic rings. The van der Waals surface area contributed by atoms with Crippen molar-refractivity contribution in [3.8, 4) is 5.75 Å². The van der Waals surface area contributed by atoms with E-state index in [0.29, 0.717) is 17.2 Å². The molecule has 2 nitrogen and oxygen atoms in total. The standard InChI is InChI=1S/C17H17ClFNO/c1-20-16(15-13(18)8-3-9-14(15)19)12-7-2-5-11-6-4-10-21-17(11)12/h2-3,5,7-9,16,20H,4,6,10H2,1H3. The molecule has 1 atom stereocenters. The summed E-state index contributed by atoms with van der Waals surface area (Å²) in [6, 6.07) is 10.4. The van der Waals surface area contributed by atoms with Gasteiger partial charge < -0.3 is 10.1 Å². The summed E-state index contributed by atoms with van der Waals surface area (Å²) in [6.07, 6.45) is 2.01. The number of ether oxygens (including phenoxy) is 1. The van der Waals surface area contributed by atoms with Gasteiger partial charge in [-0.3, -0.25) is 0 Å². The van der Waals surface area contributed by atoms with E-state index in [1.165, 1.54) is 11.6 Å². The summed E-state index contributed by atoms with van der Waals surface area (Å²) in [5, 5.41) is 3.58. The van der Waals surface area contributed by atoms with E-state index < -0.39 is 0 Å². The van der Waals surface area contributed by atoms with Crippen molar-refractivity contribution in [3.63, 3.8) is 0 Å². The van der Waals surface area contributed by atoms with Gasteiger partial charge in [0.15, 0.2) is 0 Å². The SMILES string of the molecule is CNC(c1cccc2c1OCCC2)c1c(F)cccc1Cl. The minimum Gasteiger partial charge on any atom is -0.493 e. The number of benzene rings is 2. The molecule has 3 rings (SSSR count). The Morgan fingerprint density at radius 3 is 2.81 bits per heavy atom. The minimum atomic E-state index is -0.327. The third kappa shape index (κ3) is 2.63. The van der Waals surface area contributed by atoms with Crippen LogP contribution in [0.1, 0.15) is 29.2 Å². The van der Waals surface area contributed by atoms with Crippen LogP contribution < -0.4 is 10.1 Å². The Morgan fingerprint density at radius 2 is 2.05 bits per heavy atom. The molecule has 21 heavy (non-hydrogen) atoms. The first-order chi connectivity index (χ1) is 10.2. The van der Waals surface area contributed by atoms with Crippen molar-refractivity contribution in [2.45, 2.75) is 18.9 Å². The summed E-state index contributed by atoms with van der Waals surface area (Å²) < 4.78 is 20.1. The molecule has 1 aliphatic heterocycles. The number of halogens is 2. The largest absolute Gasteiger partial charge is 0.493 e. The smallest absolute Gasteiger partial charge is 0.129 e. The Kier molecular flexibility index (Phi) is 4.13. The zero-order valence-electron chi connectivity index (χ0n) is 11.8. The first kappa shape index (κ1) is 14.4. The lowest BCUT2D eigenvalue weighted by molar-refractivity contribution is 0.283. The van der Waals surface area contributed by atoms with Crippen LogP contribution in [-0.2, 0) is 6.42 Å². The van der Waals surface area contributed by atoms with Gasteiger partial charge in [-0.05, 0) is 37.6 Å². The van der Waals surface area contributed by atoms with Crippen molar-refractivity contribution in [2.24, 2.45) is 0 Å². The lowest BCUT2D eigenvalue weighted by Gasteiger charge is -2.26. The Bertz CT molecular complexity index is 639. The topological polar surface area (TPSA) is 21.3 Å². The summed E-state index contributed by atoms with van der Waals surface area (Å²) in [7, 11) is 1.80. The van der Waals surface area contributed by atoms with E-state index in [9.17, 15) is 4.39 Å². The lowest BCUT2D eigenvalue weighted by Crippen LogP contribution is -2.22. The van der Waals surface area contributed by atoms with Crippen molar-refractivity contribution >= 4 is 11.6 Å². The van der Waals surface area contributed by atoms with Gasteiger partial charge in [-0.25, -0.2) is 4.39 Å². The molecule has 2 aromatic rings. The third-order valence-electron chi connectivity index (χ3n) is 3.85. The number of hydrogen-bond acceptors (Lipinski definition) is 2. The third-order valence-corrected chi connectivity index (χ3v) is 4.18. The maximum atomic E-state index is 14.2. The van der Waals surface area contributed by atoms with Crippen molar-refractivity contribution in [1.82, 2.24) is 5.32 Å². The molecule has 2 aromatic carbocycles. The molecule has 0 saturated heterocycles. The van der Waals surface area contributed by atoms with Crippen LogP contribution in [0.25, 0.3) is 0 Å². The fourth-order valence-electron chi connectivity index (χ4n) is 2.88. The first-order valence-corrected chi connectivity index (χ1v) is 7.46. The molecule has 0 aliphatic carbocycles. The average molecular weight is 306 g/mol. The fraction of sp³-hybridized carbons (Fsp3) is 0.294. The maximum Gasteiger partial charge on any atom is 0.129 e. The number of aryl methyl sites for hydroxylation is 1. The summed E-state index contributed by atoms with van der Waals surface area (Å²) in [5.74, 6) is 0.553. The van der Waals surface area contributed by atoms with Crippen LogP contribution in [-0.4, -0.2) is 13.7 Å². The van der Waals surface area contributed by atoms with Gasteiger partial charge in [0, 0.05) is 16.1 Å². The highest BCUT2D eigenvalue weighted by molar-refractivity contribution is 6.31. The Balaban J connectivity index is 2.13. The van der Waals surface area contributed by atoms with Crippen molar-refractivity contribution in [3.05, 3.63) is 63.9 Å². The van der Waals surface area contributed by atoms with Gasteiger partial charge in [0.25, 0.3) is 0 Å². The number of fused-ring (bicyclic) bond motifs is 1. The molecule has 0 radical (unpaired) electrons. The quantitative estimate of drug-likeness (QED) is 0.921. The second-order valence-corrected chi connectivity index (χ2v) is 5.55. The molecule has 1 heterocycles. The van der Waals surface area contributed by atoms with E-state index in [1.54, 1.807) is 19.2 Å². The summed E-state index contributed by atoms with van der Waals surface area (Å²) >= 11 is 6.22. The van der Waals surface area contributed by atoms with Crippen LogP contribution in [0.3, 0.4) is 0 Å². The van der Waals surface area contributed by atoms with Crippen LogP contribution in [0, 0.1) is 5.82 Å². The van der Waals surface area contributed by atoms with Crippen molar-refractivity contribution in [1.29, 1.82) is 0 Å². The number of nitrogens with one attached hydrogen (secondary N) is 1. The highest BCUT2D eigenvalue weighted by Gasteiger charge is 2.25. The molecule has 1 unspecified atom stereocenters. The molecule has 0 fully saturated rings. The number of para-hydroxylation sites is 1. The molecule has 0 bridgehead atoms. The van der Waals surface area contributed by atoms with E-state index in [-0.39, 0.29) is 11.9 Å². The van der Waals surface area contributed by atoms with Gasteiger partial charge in [0.05, 0.1) is 12.6 Å². The monoisotopic (exact) mass is 305 g/mol. The van der Waals surface area contributed by atoms with Crippen LogP contribution >= 0.6 is 11.6 Å². The van der Waals surface area contributed by atoms with Crippen LogP contribution in [0.2, 0.25) is 5.02 Å². The van der Waals surface area contributed by atoms with Crippen molar-refractivity contribution < 1.29 is 9.13 Å².